The first kappa shape index (κ1) is 18.9. The van der Waals surface area contributed by atoms with Crippen molar-refractivity contribution in [3.05, 3.63) is 27.6 Å². The molecule has 1 unspecified atom stereocenters. The molecule has 1 aliphatic rings. The number of carbonyl (C=O) groups excluding carboxylic acids is 1. The lowest BCUT2D eigenvalue weighted by molar-refractivity contribution is -0.127. The quantitative estimate of drug-likeness (QED) is 0.483. The summed E-state index contributed by atoms with van der Waals surface area (Å²) in [7, 11) is -2.03. The summed E-state index contributed by atoms with van der Waals surface area (Å²) in [5, 5.41) is 0.0453. The predicted molar refractivity (Wildman–Crippen MR) is 103 cm³/mol. The molecule has 0 bridgehead atoms. The highest BCUT2D eigenvalue weighted by Crippen LogP contribution is 2.38. The van der Waals surface area contributed by atoms with E-state index in [0.29, 0.717) is 18.7 Å². The van der Waals surface area contributed by atoms with Crippen LogP contribution < -0.4 is 4.90 Å². The lowest BCUT2D eigenvalue weighted by Gasteiger charge is -2.41. The summed E-state index contributed by atoms with van der Waals surface area (Å²) >= 11 is 2.07. The van der Waals surface area contributed by atoms with Gasteiger partial charge in [-0.1, -0.05) is 20.8 Å². The first-order valence-electron chi connectivity index (χ1n) is 7.97. The fourth-order valence-corrected chi connectivity index (χ4v) is 4.16. The number of hydrogen-bond donors (Lipinski definition) is 0. The molecule has 1 amide bonds. The van der Waals surface area contributed by atoms with Crippen LogP contribution in [0.2, 0.25) is 18.1 Å². The van der Waals surface area contributed by atoms with Gasteiger partial charge < -0.3 is 9.33 Å². The van der Waals surface area contributed by atoms with Gasteiger partial charge in [-0.25, -0.2) is 4.39 Å². The molecule has 1 aromatic rings. The molecular formula is C17H25FINO2Si. The fraction of sp³-hybridized carbons (Fsp3) is 0.588. The van der Waals surface area contributed by atoms with Gasteiger partial charge in [0.1, 0.15) is 11.9 Å². The topological polar surface area (TPSA) is 29.5 Å². The van der Waals surface area contributed by atoms with Crippen molar-refractivity contribution in [2.45, 2.75) is 57.8 Å². The average Bonchev–Trinajstić information content (AvgIpc) is 2.40. The van der Waals surface area contributed by atoms with Crippen molar-refractivity contribution in [3.8, 4) is 0 Å². The van der Waals surface area contributed by atoms with Crippen LogP contribution in [0.25, 0.3) is 0 Å². The lowest BCUT2D eigenvalue weighted by atomic mass is 10.1. The number of halogens is 2. The molecule has 128 valence electrons. The highest BCUT2D eigenvalue weighted by molar-refractivity contribution is 14.1. The summed E-state index contributed by atoms with van der Waals surface area (Å²) < 4.78 is 21.3. The van der Waals surface area contributed by atoms with Crippen LogP contribution >= 0.6 is 22.6 Å². The maximum atomic E-state index is 14.2. The van der Waals surface area contributed by atoms with Crippen LogP contribution in [0.1, 0.15) is 33.6 Å². The van der Waals surface area contributed by atoms with Gasteiger partial charge in [0.25, 0.3) is 5.91 Å². The van der Waals surface area contributed by atoms with Crippen LogP contribution in [0, 0.1) is 9.39 Å². The van der Waals surface area contributed by atoms with Crippen molar-refractivity contribution >= 4 is 42.5 Å². The molecule has 6 heteroatoms. The van der Waals surface area contributed by atoms with Crippen LogP contribution in [-0.2, 0) is 9.22 Å². The first-order chi connectivity index (χ1) is 10.5. The molecule has 0 radical (unpaired) electrons. The van der Waals surface area contributed by atoms with Gasteiger partial charge in [-0.3, -0.25) is 4.79 Å². The molecule has 0 saturated carbocycles. The normalized spacial score (nSPS) is 20.0. The van der Waals surface area contributed by atoms with E-state index in [9.17, 15) is 9.18 Å². The fourth-order valence-electron chi connectivity index (χ4n) is 2.42. The molecule has 1 saturated heterocycles. The van der Waals surface area contributed by atoms with Gasteiger partial charge in [0.15, 0.2) is 8.32 Å². The summed E-state index contributed by atoms with van der Waals surface area (Å²) in [5.41, 5.74) is 0.360. The summed E-state index contributed by atoms with van der Waals surface area (Å²) in [5.74, 6) is -0.459. The van der Waals surface area contributed by atoms with Gasteiger partial charge in [-0.15, -0.1) is 0 Å². The van der Waals surface area contributed by atoms with E-state index in [2.05, 4.69) is 56.5 Å². The second-order valence-electron chi connectivity index (χ2n) is 7.59. The zero-order chi connectivity index (χ0) is 17.4. The Morgan fingerprint density at radius 3 is 2.57 bits per heavy atom. The molecule has 23 heavy (non-hydrogen) atoms. The van der Waals surface area contributed by atoms with Crippen LogP contribution in [0.4, 0.5) is 10.1 Å². The van der Waals surface area contributed by atoms with E-state index in [4.69, 9.17) is 4.43 Å². The van der Waals surface area contributed by atoms with E-state index in [1.807, 2.05) is 6.07 Å². The second kappa shape index (κ2) is 6.80. The minimum atomic E-state index is -2.03. The van der Waals surface area contributed by atoms with Crippen molar-refractivity contribution in [2.24, 2.45) is 0 Å². The number of benzene rings is 1. The maximum absolute atomic E-state index is 14.2. The van der Waals surface area contributed by atoms with E-state index in [1.54, 1.807) is 11.0 Å². The molecule has 0 N–H and O–H groups in total. The van der Waals surface area contributed by atoms with Crippen LogP contribution in [-0.4, -0.2) is 26.9 Å². The molecule has 0 aromatic heterocycles. The molecule has 3 nitrogen and oxygen atoms in total. The van der Waals surface area contributed by atoms with Crippen molar-refractivity contribution in [1.29, 1.82) is 0 Å². The number of anilines is 1. The summed E-state index contributed by atoms with van der Waals surface area (Å²) in [4.78, 5) is 14.4. The maximum Gasteiger partial charge on any atom is 0.254 e. The van der Waals surface area contributed by atoms with Crippen molar-refractivity contribution in [2.75, 3.05) is 11.4 Å². The molecule has 0 spiro atoms. The summed E-state index contributed by atoms with van der Waals surface area (Å²) in [6.45, 7) is 11.3. The van der Waals surface area contributed by atoms with Crippen LogP contribution in [0.15, 0.2) is 18.2 Å². The lowest BCUT2D eigenvalue weighted by Crippen LogP contribution is -2.52. The number of carbonyl (C=O) groups is 1. The monoisotopic (exact) mass is 449 g/mol. The summed E-state index contributed by atoms with van der Waals surface area (Å²) in [6, 6.07) is 4.97. The number of hydrogen-bond acceptors (Lipinski definition) is 2. The van der Waals surface area contributed by atoms with E-state index >= 15 is 0 Å². The average molecular weight is 449 g/mol. The van der Waals surface area contributed by atoms with E-state index in [-0.39, 0.29) is 16.8 Å². The van der Waals surface area contributed by atoms with Gasteiger partial charge >= 0.3 is 0 Å². The smallest absolute Gasteiger partial charge is 0.254 e. The molecule has 1 aromatic carbocycles. The third kappa shape index (κ3) is 4.14. The Morgan fingerprint density at radius 1 is 1.35 bits per heavy atom. The highest BCUT2D eigenvalue weighted by Gasteiger charge is 2.42. The van der Waals surface area contributed by atoms with Crippen molar-refractivity contribution in [3.63, 3.8) is 0 Å². The van der Waals surface area contributed by atoms with Gasteiger partial charge in [0, 0.05) is 10.1 Å². The zero-order valence-electron chi connectivity index (χ0n) is 14.5. The number of amides is 1. The molecule has 1 heterocycles. The largest absolute Gasteiger partial charge is 0.405 e. The molecule has 1 fully saturated rings. The minimum Gasteiger partial charge on any atom is -0.405 e. The number of piperidine rings is 1. The Hall–Kier alpha value is -0.473. The van der Waals surface area contributed by atoms with Crippen LogP contribution in [0.5, 0.6) is 0 Å². The Bertz CT molecular complexity index is 601. The molecular weight excluding hydrogens is 424 g/mol. The highest BCUT2D eigenvalue weighted by atomic mass is 127. The third-order valence-corrected chi connectivity index (χ3v) is 9.99. The second-order valence-corrected chi connectivity index (χ2v) is 13.6. The van der Waals surface area contributed by atoms with Gasteiger partial charge in [-0.05, 0) is 71.8 Å². The standard InChI is InChI=1S/C17H25FINO2Si/c1-17(2,3)23(4,5)22-15-7-6-10-20(16(15)21)14-9-8-12(19)11-13(14)18/h8-9,11,15H,6-7,10H2,1-5H3. The third-order valence-electron chi connectivity index (χ3n) is 4.83. The zero-order valence-corrected chi connectivity index (χ0v) is 17.6. The molecule has 0 aliphatic carbocycles. The van der Waals surface area contributed by atoms with Gasteiger partial charge in [0.05, 0.1) is 5.69 Å². The Morgan fingerprint density at radius 2 is 2.00 bits per heavy atom. The molecule has 2 rings (SSSR count). The Labute approximate surface area is 152 Å². The Kier molecular flexibility index (Phi) is 5.57. The van der Waals surface area contributed by atoms with Crippen molar-refractivity contribution in [1.82, 2.24) is 0 Å². The van der Waals surface area contributed by atoms with Crippen molar-refractivity contribution < 1.29 is 13.6 Å². The molecule has 1 atom stereocenters. The summed E-state index contributed by atoms with van der Waals surface area (Å²) in [6.07, 6.45) is 1.09. The van der Waals surface area contributed by atoms with E-state index in [1.165, 1.54) is 6.07 Å². The Balaban J connectivity index is 2.22. The van der Waals surface area contributed by atoms with Gasteiger partial charge in [0.2, 0.25) is 0 Å². The number of nitrogens with zero attached hydrogens (tertiary/aromatic N) is 1. The predicted octanol–water partition coefficient (Wildman–Crippen LogP) is 4.95. The molecule has 1 aliphatic heterocycles. The SMILES string of the molecule is CC(C)(C)[Si](C)(C)OC1CCCN(c2ccc(I)cc2F)C1=O. The van der Waals surface area contributed by atoms with E-state index < -0.39 is 14.4 Å². The number of rotatable bonds is 3. The first-order valence-corrected chi connectivity index (χ1v) is 12.0. The minimum absolute atomic E-state index is 0.0453. The van der Waals surface area contributed by atoms with E-state index in [0.717, 1.165) is 9.99 Å². The van der Waals surface area contributed by atoms with Gasteiger partial charge in [-0.2, -0.15) is 0 Å². The van der Waals surface area contributed by atoms with Crippen LogP contribution in [0.3, 0.4) is 0 Å².